The van der Waals surface area contributed by atoms with Crippen molar-refractivity contribution in [2.75, 3.05) is 0 Å². The molecule has 0 fully saturated rings. The molecule has 0 saturated heterocycles. The van der Waals surface area contributed by atoms with Gasteiger partial charge in [-0.25, -0.2) is 0 Å². The van der Waals surface area contributed by atoms with Crippen molar-refractivity contribution >= 4 is 0 Å². The van der Waals surface area contributed by atoms with E-state index in [2.05, 4.69) is 18.9 Å². The van der Waals surface area contributed by atoms with Gasteiger partial charge in [0.2, 0.25) is 0 Å². The average molecular weight is 194 g/mol. The lowest BCUT2D eigenvalue weighted by molar-refractivity contribution is 0.469. The summed E-state index contributed by atoms with van der Waals surface area (Å²) in [4.78, 5) is 11.9. The van der Waals surface area contributed by atoms with E-state index in [0.717, 1.165) is 24.9 Å². The van der Waals surface area contributed by atoms with Gasteiger partial charge in [0.05, 0.1) is 0 Å². The molecule has 1 aliphatic carbocycles. The fraction of sp³-hybridized carbons (Fsp3) is 0.727. The SMILES string of the molecule is CC(C)Cn1[nH]c2c(c1=O)CCCC2. The number of fused-ring (bicyclic) bond motifs is 1. The Hall–Kier alpha value is -0.990. The minimum Gasteiger partial charge on any atom is -0.299 e. The molecule has 1 heterocycles. The van der Waals surface area contributed by atoms with Crippen molar-refractivity contribution in [2.45, 2.75) is 46.1 Å². The molecule has 1 N–H and O–H groups in total. The van der Waals surface area contributed by atoms with Crippen LogP contribution in [-0.2, 0) is 19.4 Å². The highest BCUT2D eigenvalue weighted by atomic mass is 16.1. The second kappa shape index (κ2) is 3.64. The summed E-state index contributed by atoms with van der Waals surface area (Å²) in [5.74, 6) is 0.521. The van der Waals surface area contributed by atoms with Crippen molar-refractivity contribution < 1.29 is 0 Å². The zero-order chi connectivity index (χ0) is 10.1. The highest BCUT2D eigenvalue weighted by Crippen LogP contribution is 2.16. The molecule has 0 bridgehead atoms. The third kappa shape index (κ3) is 1.63. The summed E-state index contributed by atoms with van der Waals surface area (Å²) < 4.78 is 1.78. The number of aryl methyl sites for hydroxylation is 1. The van der Waals surface area contributed by atoms with Gasteiger partial charge in [-0.2, -0.15) is 0 Å². The maximum atomic E-state index is 11.9. The predicted octanol–water partition coefficient (Wildman–Crippen LogP) is 1.71. The van der Waals surface area contributed by atoms with Crippen LogP contribution in [0.4, 0.5) is 0 Å². The lowest BCUT2D eigenvalue weighted by Gasteiger charge is -2.07. The van der Waals surface area contributed by atoms with E-state index < -0.39 is 0 Å². The van der Waals surface area contributed by atoms with Crippen LogP contribution in [-0.4, -0.2) is 9.78 Å². The van der Waals surface area contributed by atoms with Gasteiger partial charge in [0.15, 0.2) is 0 Å². The summed E-state index contributed by atoms with van der Waals surface area (Å²) in [5.41, 5.74) is 2.44. The molecule has 14 heavy (non-hydrogen) atoms. The summed E-state index contributed by atoms with van der Waals surface area (Å²) in [6.07, 6.45) is 4.40. The van der Waals surface area contributed by atoms with Gasteiger partial charge < -0.3 is 0 Å². The standard InChI is InChI=1S/C11H18N2O/c1-8(2)7-13-11(14)9-5-3-4-6-10(9)12-13/h8,12H,3-7H2,1-2H3. The lowest BCUT2D eigenvalue weighted by atomic mass is 9.98. The number of nitrogens with zero attached hydrogens (tertiary/aromatic N) is 1. The summed E-state index contributed by atoms with van der Waals surface area (Å²) in [5, 5.41) is 3.24. The van der Waals surface area contributed by atoms with Crippen LogP contribution < -0.4 is 5.56 Å². The molecule has 1 aliphatic rings. The summed E-state index contributed by atoms with van der Waals surface area (Å²) >= 11 is 0. The fourth-order valence-corrected chi connectivity index (χ4v) is 2.14. The minimum absolute atomic E-state index is 0.216. The van der Waals surface area contributed by atoms with E-state index in [-0.39, 0.29) is 5.56 Å². The van der Waals surface area contributed by atoms with Crippen molar-refractivity contribution in [1.82, 2.24) is 9.78 Å². The number of aromatic amines is 1. The highest BCUT2D eigenvalue weighted by Gasteiger charge is 2.17. The Bertz CT molecular complexity index is 373. The van der Waals surface area contributed by atoms with Gasteiger partial charge in [-0.15, -0.1) is 0 Å². The van der Waals surface area contributed by atoms with Gasteiger partial charge >= 0.3 is 0 Å². The highest BCUT2D eigenvalue weighted by molar-refractivity contribution is 5.20. The van der Waals surface area contributed by atoms with Crippen LogP contribution in [0.2, 0.25) is 0 Å². The largest absolute Gasteiger partial charge is 0.299 e. The van der Waals surface area contributed by atoms with Crippen molar-refractivity contribution in [3.8, 4) is 0 Å². The van der Waals surface area contributed by atoms with Gasteiger partial charge in [-0.3, -0.25) is 14.6 Å². The van der Waals surface area contributed by atoms with E-state index in [0.29, 0.717) is 5.92 Å². The number of hydrogen-bond donors (Lipinski definition) is 1. The Balaban J connectivity index is 2.34. The maximum Gasteiger partial charge on any atom is 0.269 e. The topological polar surface area (TPSA) is 37.8 Å². The average Bonchev–Trinajstić information content (AvgIpc) is 2.44. The Labute approximate surface area is 84.1 Å². The van der Waals surface area contributed by atoms with Crippen molar-refractivity contribution in [1.29, 1.82) is 0 Å². The quantitative estimate of drug-likeness (QED) is 0.764. The molecule has 1 aromatic rings. The van der Waals surface area contributed by atoms with Gasteiger partial charge in [0, 0.05) is 17.8 Å². The Kier molecular flexibility index (Phi) is 2.48. The normalized spacial score (nSPS) is 15.9. The first kappa shape index (κ1) is 9.56. The van der Waals surface area contributed by atoms with Gasteiger partial charge in [0.25, 0.3) is 5.56 Å². The molecule has 0 radical (unpaired) electrons. The zero-order valence-electron chi connectivity index (χ0n) is 8.97. The molecule has 0 aliphatic heterocycles. The molecule has 0 spiro atoms. The van der Waals surface area contributed by atoms with Gasteiger partial charge in [-0.05, 0) is 31.6 Å². The molecule has 0 unspecified atom stereocenters. The second-order valence-electron chi connectivity index (χ2n) is 4.59. The van der Waals surface area contributed by atoms with E-state index in [1.807, 2.05) is 0 Å². The Morgan fingerprint density at radius 1 is 1.36 bits per heavy atom. The molecule has 3 heteroatoms. The first-order valence-electron chi connectivity index (χ1n) is 5.49. The van der Waals surface area contributed by atoms with Crippen LogP contribution in [0, 0.1) is 5.92 Å². The number of rotatable bonds is 2. The van der Waals surface area contributed by atoms with E-state index in [9.17, 15) is 4.79 Å². The van der Waals surface area contributed by atoms with Crippen molar-refractivity contribution in [3.05, 3.63) is 21.6 Å². The van der Waals surface area contributed by atoms with Gasteiger partial charge in [-0.1, -0.05) is 13.8 Å². The molecule has 0 aromatic carbocycles. The van der Waals surface area contributed by atoms with Crippen LogP contribution >= 0.6 is 0 Å². The van der Waals surface area contributed by atoms with E-state index in [1.165, 1.54) is 18.5 Å². The second-order valence-corrected chi connectivity index (χ2v) is 4.59. The molecule has 2 rings (SSSR count). The molecule has 0 saturated carbocycles. The lowest BCUT2D eigenvalue weighted by Crippen LogP contribution is -2.21. The van der Waals surface area contributed by atoms with E-state index in [4.69, 9.17) is 0 Å². The minimum atomic E-state index is 0.216. The molecular formula is C11H18N2O. The van der Waals surface area contributed by atoms with Crippen molar-refractivity contribution in [2.24, 2.45) is 5.92 Å². The number of aromatic nitrogens is 2. The molecule has 3 nitrogen and oxygen atoms in total. The molecular weight excluding hydrogens is 176 g/mol. The Morgan fingerprint density at radius 2 is 2.07 bits per heavy atom. The summed E-state index contributed by atoms with van der Waals surface area (Å²) in [6, 6.07) is 0. The molecule has 0 amide bonds. The Morgan fingerprint density at radius 3 is 2.71 bits per heavy atom. The van der Waals surface area contributed by atoms with Crippen LogP contribution in [0.15, 0.2) is 4.79 Å². The smallest absolute Gasteiger partial charge is 0.269 e. The van der Waals surface area contributed by atoms with Crippen LogP contribution in [0.5, 0.6) is 0 Å². The van der Waals surface area contributed by atoms with E-state index >= 15 is 0 Å². The monoisotopic (exact) mass is 194 g/mol. The summed E-state index contributed by atoms with van der Waals surface area (Å²) in [7, 11) is 0. The molecule has 0 atom stereocenters. The van der Waals surface area contributed by atoms with Crippen LogP contribution in [0.3, 0.4) is 0 Å². The van der Waals surface area contributed by atoms with Gasteiger partial charge in [0.1, 0.15) is 0 Å². The third-order valence-electron chi connectivity index (χ3n) is 2.79. The molecule has 78 valence electrons. The first-order valence-corrected chi connectivity index (χ1v) is 5.49. The predicted molar refractivity (Wildman–Crippen MR) is 56.5 cm³/mol. The fourth-order valence-electron chi connectivity index (χ4n) is 2.14. The number of H-pyrrole nitrogens is 1. The third-order valence-corrected chi connectivity index (χ3v) is 2.79. The number of hydrogen-bond acceptors (Lipinski definition) is 1. The first-order chi connectivity index (χ1) is 6.68. The van der Waals surface area contributed by atoms with Crippen molar-refractivity contribution in [3.63, 3.8) is 0 Å². The zero-order valence-corrected chi connectivity index (χ0v) is 8.97. The maximum absolute atomic E-state index is 11.9. The number of nitrogens with one attached hydrogen (secondary N) is 1. The van der Waals surface area contributed by atoms with Crippen LogP contribution in [0.25, 0.3) is 0 Å². The molecule has 1 aromatic heterocycles. The van der Waals surface area contributed by atoms with Crippen LogP contribution in [0.1, 0.15) is 37.9 Å². The van der Waals surface area contributed by atoms with E-state index in [1.54, 1.807) is 4.68 Å². The summed E-state index contributed by atoms with van der Waals surface area (Å²) in [6.45, 7) is 5.07.